The molecule has 1 aliphatic rings. The van der Waals surface area contributed by atoms with E-state index < -0.39 is 0 Å². The number of benzene rings is 1. The molecule has 0 saturated carbocycles. The van der Waals surface area contributed by atoms with Gasteiger partial charge in [0.15, 0.2) is 5.78 Å². The molecule has 0 N–H and O–H groups in total. The lowest BCUT2D eigenvalue weighted by Crippen LogP contribution is -2.16. The van der Waals surface area contributed by atoms with E-state index >= 15 is 0 Å². The van der Waals surface area contributed by atoms with Crippen LogP contribution in [0.2, 0.25) is 0 Å². The number of halogens is 1. The smallest absolute Gasteiger partial charge is 0.179 e. The van der Waals surface area contributed by atoms with Crippen LogP contribution in [-0.2, 0) is 6.54 Å². The third-order valence-electron chi connectivity index (χ3n) is 3.33. The number of carbonyl (C=O) groups is 1. The number of nitrogens with zero attached hydrogens (tertiary/aromatic N) is 1. The zero-order valence-electron chi connectivity index (χ0n) is 9.09. The van der Waals surface area contributed by atoms with Gasteiger partial charge in [-0.25, -0.2) is 0 Å². The molecular formula is C13H12BrNO. The van der Waals surface area contributed by atoms with Crippen molar-refractivity contribution in [1.29, 1.82) is 0 Å². The molecule has 1 aromatic carbocycles. The highest BCUT2D eigenvalue weighted by Crippen LogP contribution is 2.31. The molecule has 3 heteroatoms. The van der Waals surface area contributed by atoms with Gasteiger partial charge >= 0.3 is 0 Å². The first kappa shape index (κ1) is 10.1. The van der Waals surface area contributed by atoms with Gasteiger partial charge in [-0.3, -0.25) is 4.79 Å². The summed E-state index contributed by atoms with van der Waals surface area (Å²) < 4.78 is 3.24. The first-order valence-corrected chi connectivity index (χ1v) is 6.29. The lowest BCUT2D eigenvalue weighted by molar-refractivity contribution is 0.0955. The molecule has 2 nitrogen and oxygen atoms in total. The second-order valence-corrected chi connectivity index (χ2v) is 5.23. The van der Waals surface area contributed by atoms with E-state index in [-0.39, 0.29) is 5.78 Å². The van der Waals surface area contributed by atoms with E-state index in [9.17, 15) is 4.79 Å². The minimum absolute atomic E-state index is 0.288. The quantitative estimate of drug-likeness (QED) is 0.720. The first-order chi connectivity index (χ1) is 7.68. The maximum absolute atomic E-state index is 11.9. The summed E-state index contributed by atoms with van der Waals surface area (Å²) in [5.74, 6) is 0.288. The van der Waals surface area contributed by atoms with Crippen LogP contribution in [0.15, 0.2) is 22.7 Å². The largest absolute Gasteiger partial charge is 0.338 e. The van der Waals surface area contributed by atoms with Crippen molar-refractivity contribution in [2.75, 3.05) is 0 Å². The molecule has 82 valence electrons. The second-order valence-electron chi connectivity index (χ2n) is 4.31. The predicted molar refractivity (Wildman–Crippen MR) is 67.9 cm³/mol. The topological polar surface area (TPSA) is 22.0 Å². The number of hydrogen-bond acceptors (Lipinski definition) is 1. The zero-order valence-corrected chi connectivity index (χ0v) is 10.7. The summed E-state index contributed by atoms with van der Waals surface area (Å²) in [6.45, 7) is 3.01. The van der Waals surface area contributed by atoms with Gasteiger partial charge in [0.05, 0.1) is 5.69 Å². The molecule has 0 radical (unpaired) electrons. The highest BCUT2D eigenvalue weighted by Gasteiger charge is 2.23. The Labute approximate surface area is 102 Å². The number of hydrogen-bond donors (Lipinski definition) is 0. The Morgan fingerprint density at radius 1 is 1.38 bits per heavy atom. The molecule has 16 heavy (non-hydrogen) atoms. The molecule has 0 saturated heterocycles. The summed E-state index contributed by atoms with van der Waals surface area (Å²) in [5, 5.41) is 1.19. The van der Waals surface area contributed by atoms with E-state index in [1.54, 1.807) is 0 Å². The van der Waals surface area contributed by atoms with Gasteiger partial charge in [-0.15, -0.1) is 0 Å². The average Bonchev–Trinajstić information content (AvgIpc) is 2.54. The Morgan fingerprint density at radius 3 is 3.00 bits per heavy atom. The minimum atomic E-state index is 0.288. The number of aryl methyl sites for hydroxylation is 2. The predicted octanol–water partition coefficient (Wildman–Crippen LogP) is 3.69. The van der Waals surface area contributed by atoms with Crippen LogP contribution >= 0.6 is 15.9 Å². The van der Waals surface area contributed by atoms with Gasteiger partial charge in [0.2, 0.25) is 0 Å². The number of ketones is 1. The third-order valence-corrected chi connectivity index (χ3v) is 3.82. The summed E-state index contributed by atoms with van der Waals surface area (Å²) in [5.41, 5.74) is 3.23. The van der Waals surface area contributed by atoms with Crippen LogP contribution in [0, 0.1) is 6.92 Å². The molecule has 0 amide bonds. The molecule has 0 bridgehead atoms. The van der Waals surface area contributed by atoms with Crippen LogP contribution < -0.4 is 0 Å². The molecule has 0 fully saturated rings. The number of rotatable bonds is 0. The van der Waals surface area contributed by atoms with E-state index in [0.29, 0.717) is 6.42 Å². The van der Waals surface area contributed by atoms with Crippen molar-refractivity contribution >= 4 is 32.6 Å². The van der Waals surface area contributed by atoms with Crippen molar-refractivity contribution in [3.63, 3.8) is 0 Å². The Bertz CT molecular complexity index is 597. The van der Waals surface area contributed by atoms with Crippen LogP contribution in [0.5, 0.6) is 0 Å². The summed E-state index contributed by atoms with van der Waals surface area (Å²) in [4.78, 5) is 11.9. The highest BCUT2D eigenvalue weighted by molar-refractivity contribution is 9.10. The Balaban J connectivity index is 2.43. The van der Waals surface area contributed by atoms with Gasteiger partial charge in [0.1, 0.15) is 0 Å². The summed E-state index contributed by atoms with van der Waals surface area (Å²) in [6.07, 6.45) is 1.66. The first-order valence-electron chi connectivity index (χ1n) is 5.50. The van der Waals surface area contributed by atoms with E-state index in [2.05, 4.69) is 32.6 Å². The van der Waals surface area contributed by atoms with E-state index in [4.69, 9.17) is 0 Å². The minimum Gasteiger partial charge on any atom is -0.338 e. The van der Waals surface area contributed by atoms with Crippen LogP contribution in [-0.4, -0.2) is 10.4 Å². The molecule has 1 aliphatic heterocycles. The Kier molecular flexibility index (Phi) is 2.18. The summed E-state index contributed by atoms with van der Waals surface area (Å²) in [7, 11) is 0. The van der Waals surface area contributed by atoms with Gasteiger partial charge in [0, 0.05) is 28.3 Å². The number of fused-ring (bicyclic) bond motifs is 3. The number of Topliss-reactive ketones (excluding diaryl/α,β-unsaturated/α-hetero) is 1. The molecule has 0 spiro atoms. The molecule has 3 rings (SSSR count). The molecule has 2 heterocycles. The number of aromatic nitrogens is 1. The van der Waals surface area contributed by atoms with Gasteiger partial charge in [-0.1, -0.05) is 15.9 Å². The maximum Gasteiger partial charge on any atom is 0.179 e. The van der Waals surface area contributed by atoms with Crippen LogP contribution in [0.3, 0.4) is 0 Å². The lowest BCUT2D eigenvalue weighted by Gasteiger charge is -2.15. The molecule has 0 unspecified atom stereocenters. The van der Waals surface area contributed by atoms with E-state index in [1.165, 1.54) is 10.9 Å². The fraction of sp³-hybridized carbons (Fsp3) is 0.308. The van der Waals surface area contributed by atoms with Gasteiger partial charge in [0.25, 0.3) is 0 Å². The molecular weight excluding hydrogens is 266 g/mol. The molecule has 1 aromatic heterocycles. The Hall–Kier alpha value is -1.09. The van der Waals surface area contributed by atoms with Crippen molar-refractivity contribution in [1.82, 2.24) is 4.57 Å². The average molecular weight is 278 g/mol. The monoisotopic (exact) mass is 277 g/mol. The van der Waals surface area contributed by atoms with Crippen molar-refractivity contribution in [3.8, 4) is 0 Å². The second kappa shape index (κ2) is 3.45. The van der Waals surface area contributed by atoms with E-state index in [1.807, 2.05) is 13.0 Å². The number of carbonyl (C=O) groups excluding carboxylic acids is 1. The van der Waals surface area contributed by atoms with Gasteiger partial charge in [-0.05, 0) is 37.1 Å². The fourth-order valence-corrected chi connectivity index (χ4v) is 2.96. The van der Waals surface area contributed by atoms with Crippen molar-refractivity contribution in [2.24, 2.45) is 0 Å². The molecule has 2 aromatic rings. The SMILES string of the molecule is Cc1c2n(c3ccc(Br)cc13)CCCC2=O. The van der Waals surface area contributed by atoms with Crippen molar-refractivity contribution in [2.45, 2.75) is 26.3 Å². The maximum atomic E-state index is 11.9. The highest BCUT2D eigenvalue weighted by atomic mass is 79.9. The molecule has 0 atom stereocenters. The zero-order chi connectivity index (χ0) is 11.3. The fourth-order valence-electron chi connectivity index (χ4n) is 2.60. The standard InChI is InChI=1S/C13H12BrNO/c1-8-10-7-9(14)4-5-11(10)15-6-2-3-12(16)13(8)15/h4-5,7H,2-3,6H2,1H3. The third kappa shape index (κ3) is 1.27. The van der Waals surface area contributed by atoms with Gasteiger partial charge in [-0.2, -0.15) is 0 Å². The van der Waals surface area contributed by atoms with Crippen LogP contribution in [0.25, 0.3) is 10.9 Å². The normalized spacial score (nSPS) is 15.5. The van der Waals surface area contributed by atoms with Crippen LogP contribution in [0.4, 0.5) is 0 Å². The Morgan fingerprint density at radius 2 is 2.19 bits per heavy atom. The summed E-state index contributed by atoms with van der Waals surface area (Å²) >= 11 is 3.48. The van der Waals surface area contributed by atoms with E-state index in [0.717, 1.165) is 28.7 Å². The molecule has 0 aliphatic carbocycles. The lowest BCUT2D eigenvalue weighted by atomic mass is 10.1. The van der Waals surface area contributed by atoms with Crippen LogP contribution in [0.1, 0.15) is 28.9 Å². The van der Waals surface area contributed by atoms with Crippen molar-refractivity contribution in [3.05, 3.63) is 33.9 Å². The van der Waals surface area contributed by atoms with Crippen molar-refractivity contribution < 1.29 is 4.79 Å². The van der Waals surface area contributed by atoms with Gasteiger partial charge < -0.3 is 4.57 Å². The summed E-state index contributed by atoms with van der Waals surface area (Å²) in [6, 6.07) is 6.23.